The van der Waals surface area contributed by atoms with Gasteiger partial charge in [0.1, 0.15) is 6.61 Å². The predicted molar refractivity (Wildman–Crippen MR) is 210 cm³/mol. The molecule has 0 aromatic heterocycles. The molecule has 0 amide bonds. The SMILES string of the molecule is CC/C=C\C/C=C\C/C=C\C/C=C\CCCCCCCCCCCCC(=O)OC(CO)COC(=O)CCCCCCCCCCCCCC. The van der Waals surface area contributed by atoms with Crippen LogP contribution in [-0.4, -0.2) is 36.4 Å². The summed E-state index contributed by atoms with van der Waals surface area (Å²) in [5.41, 5.74) is 0. The summed E-state index contributed by atoms with van der Waals surface area (Å²) >= 11 is 0. The van der Waals surface area contributed by atoms with Crippen molar-refractivity contribution in [3.63, 3.8) is 0 Å². The molecule has 0 fully saturated rings. The van der Waals surface area contributed by atoms with Crippen LogP contribution in [0, 0.1) is 0 Å². The second-order valence-electron chi connectivity index (χ2n) is 13.7. The van der Waals surface area contributed by atoms with Gasteiger partial charge in [0, 0.05) is 12.8 Å². The third-order valence-electron chi connectivity index (χ3n) is 8.89. The van der Waals surface area contributed by atoms with Gasteiger partial charge in [0.25, 0.3) is 0 Å². The zero-order chi connectivity index (χ0) is 35.7. The molecule has 0 aliphatic rings. The van der Waals surface area contributed by atoms with Gasteiger partial charge in [-0.3, -0.25) is 9.59 Å². The molecule has 5 heteroatoms. The first-order chi connectivity index (χ1) is 24.1. The molecular formula is C44H78O5. The van der Waals surface area contributed by atoms with Crippen LogP contribution in [0.1, 0.15) is 200 Å². The van der Waals surface area contributed by atoms with E-state index in [1.807, 2.05) is 0 Å². The van der Waals surface area contributed by atoms with Gasteiger partial charge in [-0.1, -0.05) is 184 Å². The quantitative estimate of drug-likeness (QED) is 0.0400. The Labute approximate surface area is 303 Å². The second-order valence-corrected chi connectivity index (χ2v) is 13.7. The van der Waals surface area contributed by atoms with Crippen molar-refractivity contribution in [3.05, 3.63) is 48.6 Å². The molecular weight excluding hydrogens is 608 g/mol. The molecule has 0 heterocycles. The molecule has 0 radical (unpaired) electrons. The molecule has 0 saturated carbocycles. The van der Waals surface area contributed by atoms with E-state index in [1.54, 1.807) is 0 Å². The molecule has 1 unspecified atom stereocenters. The predicted octanol–water partition coefficient (Wildman–Crippen LogP) is 13.0. The highest BCUT2D eigenvalue weighted by atomic mass is 16.6. The van der Waals surface area contributed by atoms with Gasteiger partial charge < -0.3 is 14.6 Å². The van der Waals surface area contributed by atoms with Gasteiger partial charge >= 0.3 is 11.9 Å². The number of hydrogen-bond donors (Lipinski definition) is 1. The number of unbranched alkanes of at least 4 members (excludes halogenated alkanes) is 21. The number of esters is 2. The first kappa shape index (κ1) is 46.9. The highest BCUT2D eigenvalue weighted by Gasteiger charge is 2.16. The summed E-state index contributed by atoms with van der Waals surface area (Å²) in [5, 5.41) is 9.56. The van der Waals surface area contributed by atoms with Crippen LogP contribution >= 0.6 is 0 Å². The van der Waals surface area contributed by atoms with Crippen molar-refractivity contribution >= 4 is 11.9 Å². The molecule has 284 valence electrons. The summed E-state index contributed by atoms with van der Waals surface area (Å²) < 4.78 is 10.6. The molecule has 0 aromatic rings. The Balaban J connectivity index is 3.53. The van der Waals surface area contributed by atoms with Crippen LogP contribution in [0.25, 0.3) is 0 Å². The van der Waals surface area contributed by atoms with Gasteiger partial charge in [-0.2, -0.15) is 0 Å². The zero-order valence-corrected chi connectivity index (χ0v) is 32.2. The number of aliphatic hydroxyl groups excluding tert-OH is 1. The summed E-state index contributed by atoms with van der Waals surface area (Å²) in [6, 6.07) is 0. The lowest BCUT2D eigenvalue weighted by atomic mass is 10.0. The molecule has 5 nitrogen and oxygen atoms in total. The Morgan fingerprint density at radius 2 is 0.878 bits per heavy atom. The minimum atomic E-state index is -0.771. The molecule has 0 aromatic carbocycles. The number of allylic oxidation sites excluding steroid dienone is 8. The van der Waals surface area contributed by atoms with Gasteiger partial charge in [-0.25, -0.2) is 0 Å². The van der Waals surface area contributed by atoms with Crippen molar-refractivity contribution in [2.24, 2.45) is 0 Å². The molecule has 1 atom stereocenters. The average Bonchev–Trinajstić information content (AvgIpc) is 3.10. The molecule has 0 saturated heterocycles. The maximum absolute atomic E-state index is 12.2. The minimum Gasteiger partial charge on any atom is -0.462 e. The monoisotopic (exact) mass is 687 g/mol. The lowest BCUT2D eigenvalue weighted by Crippen LogP contribution is -2.28. The van der Waals surface area contributed by atoms with Crippen molar-refractivity contribution in [2.75, 3.05) is 13.2 Å². The molecule has 0 aliphatic carbocycles. The highest BCUT2D eigenvalue weighted by Crippen LogP contribution is 2.14. The Hall–Kier alpha value is -2.14. The minimum absolute atomic E-state index is 0.0657. The summed E-state index contributed by atoms with van der Waals surface area (Å²) in [6.07, 6.45) is 50.3. The first-order valence-corrected chi connectivity index (χ1v) is 20.7. The number of hydrogen-bond acceptors (Lipinski definition) is 5. The van der Waals surface area contributed by atoms with Gasteiger partial charge in [0.2, 0.25) is 0 Å². The topological polar surface area (TPSA) is 72.8 Å². The fourth-order valence-electron chi connectivity index (χ4n) is 5.78. The summed E-state index contributed by atoms with van der Waals surface area (Å²) in [7, 11) is 0. The van der Waals surface area contributed by atoms with E-state index < -0.39 is 6.10 Å². The Morgan fingerprint density at radius 3 is 1.33 bits per heavy atom. The first-order valence-electron chi connectivity index (χ1n) is 20.7. The van der Waals surface area contributed by atoms with E-state index in [0.717, 1.165) is 64.2 Å². The van der Waals surface area contributed by atoms with Crippen molar-refractivity contribution in [3.8, 4) is 0 Å². The third-order valence-corrected chi connectivity index (χ3v) is 8.89. The molecule has 0 rings (SSSR count). The van der Waals surface area contributed by atoms with E-state index in [0.29, 0.717) is 12.8 Å². The second kappa shape index (κ2) is 40.3. The van der Waals surface area contributed by atoms with Crippen molar-refractivity contribution in [1.29, 1.82) is 0 Å². The number of carbonyl (C=O) groups excluding carboxylic acids is 2. The van der Waals surface area contributed by atoms with Gasteiger partial charge in [0.15, 0.2) is 6.10 Å². The van der Waals surface area contributed by atoms with Gasteiger partial charge in [0.05, 0.1) is 6.61 Å². The Bertz CT molecular complexity index is 827. The van der Waals surface area contributed by atoms with Crippen molar-refractivity contribution < 1.29 is 24.2 Å². The van der Waals surface area contributed by atoms with Crippen LogP contribution in [-0.2, 0) is 19.1 Å². The van der Waals surface area contributed by atoms with E-state index >= 15 is 0 Å². The van der Waals surface area contributed by atoms with Gasteiger partial charge in [-0.05, 0) is 51.4 Å². The van der Waals surface area contributed by atoms with Crippen molar-refractivity contribution in [1.82, 2.24) is 0 Å². The zero-order valence-electron chi connectivity index (χ0n) is 32.2. The molecule has 1 N–H and O–H groups in total. The highest BCUT2D eigenvalue weighted by molar-refractivity contribution is 5.70. The number of ether oxygens (including phenoxy) is 2. The largest absolute Gasteiger partial charge is 0.462 e. The molecule has 0 bridgehead atoms. The van der Waals surface area contributed by atoms with E-state index in [-0.39, 0.29) is 25.2 Å². The third kappa shape index (κ3) is 38.5. The molecule has 0 spiro atoms. The van der Waals surface area contributed by atoms with E-state index in [2.05, 4.69) is 62.5 Å². The summed E-state index contributed by atoms with van der Waals surface area (Å²) in [5.74, 6) is -0.593. The number of rotatable bonds is 37. The van der Waals surface area contributed by atoms with Gasteiger partial charge in [-0.15, -0.1) is 0 Å². The maximum Gasteiger partial charge on any atom is 0.306 e. The van der Waals surface area contributed by atoms with Crippen LogP contribution in [0.4, 0.5) is 0 Å². The fourth-order valence-corrected chi connectivity index (χ4v) is 5.78. The normalized spacial score (nSPS) is 12.6. The van der Waals surface area contributed by atoms with E-state index in [1.165, 1.54) is 109 Å². The molecule has 0 aliphatic heterocycles. The lowest BCUT2D eigenvalue weighted by molar-refractivity contribution is -0.161. The smallest absolute Gasteiger partial charge is 0.306 e. The van der Waals surface area contributed by atoms with Crippen LogP contribution in [0.2, 0.25) is 0 Å². The lowest BCUT2D eigenvalue weighted by Gasteiger charge is -2.15. The fraction of sp³-hybridized carbons (Fsp3) is 0.773. The van der Waals surface area contributed by atoms with E-state index in [4.69, 9.17) is 9.47 Å². The van der Waals surface area contributed by atoms with Crippen LogP contribution in [0.5, 0.6) is 0 Å². The van der Waals surface area contributed by atoms with Crippen molar-refractivity contribution in [2.45, 2.75) is 206 Å². The Morgan fingerprint density at radius 1 is 0.490 bits per heavy atom. The summed E-state index contributed by atoms with van der Waals surface area (Å²) in [4.78, 5) is 24.3. The standard InChI is InChI=1S/C44H78O5/c1-3-5-7-9-11-13-15-17-18-19-20-21-22-23-24-25-26-27-29-31-33-35-37-39-44(47)49-42(40-45)41-48-43(46)38-36-34-32-30-28-16-14-12-10-8-6-4-2/h5,7,11,13,17-18,20-21,42,45H,3-4,6,8-10,12,14-16,19,22-41H2,1-2H3/b7-5-,13-11-,18-17-,21-20-. The van der Waals surface area contributed by atoms with E-state index in [9.17, 15) is 14.7 Å². The Kier molecular flexibility index (Phi) is 38.5. The summed E-state index contributed by atoms with van der Waals surface area (Å²) in [6.45, 7) is 4.02. The van der Waals surface area contributed by atoms with Crippen LogP contribution in [0.3, 0.4) is 0 Å². The average molecular weight is 687 g/mol. The van der Waals surface area contributed by atoms with Crippen LogP contribution < -0.4 is 0 Å². The number of carbonyl (C=O) groups is 2. The molecule has 49 heavy (non-hydrogen) atoms. The number of aliphatic hydroxyl groups is 1. The maximum atomic E-state index is 12.2. The van der Waals surface area contributed by atoms with Crippen LogP contribution in [0.15, 0.2) is 48.6 Å².